The van der Waals surface area contributed by atoms with E-state index in [1.807, 2.05) is 6.07 Å². The molecule has 0 atom stereocenters. The molecular weight excluding hydrogens is 1010 g/mol. The van der Waals surface area contributed by atoms with Crippen molar-refractivity contribution < 1.29 is 20.8 Å². The minimum Gasteiger partial charge on any atom is -0.184 e. The minimum atomic E-state index is -0.826. The number of halogens is 2. The second-order valence-corrected chi connectivity index (χ2v) is 31.3. The molecule has 0 nitrogen and oxygen atoms in total. The summed E-state index contributed by atoms with van der Waals surface area (Å²) < 4.78 is 0. The van der Waals surface area contributed by atoms with Crippen LogP contribution in [0.15, 0.2) is 127 Å². The maximum atomic E-state index is 4.93. The molecule has 0 spiro atoms. The molecule has 378 valence electrons. The normalized spacial score (nSPS) is 12.8. The molecule has 0 fully saturated rings. The molecule has 0 amide bonds. The molecular formula is C68H81Cl2SiZr-3. The van der Waals surface area contributed by atoms with Gasteiger partial charge in [0.15, 0.2) is 0 Å². The molecule has 72 heavy (non-hydrogen) atoms. The fourth-order valence-corrected chi connectivity index (χ4v) is 10.7. The Kier molecular flexibility index (Phi) is 17.4. The first-order valence-electron chi connectivity index (χ1n) is 25.8. The summed E-state index contributed by atoms with van der Waals surface area (Å²) in [5.41, 5.74) is 20.3. The maximum absolute atomic E-state index is 4.93. The smallest absolute Gasteiger partial charge is 0.0920 e. The number of hydrogen-bond donors (Lipinski definition) is 0. The van der Waals surface area contributed by atoms with Crippen molar-refractivity contribution in [3.8, 4) is 33.4 Å². The van der Waals surface area contributed by atoms with Crippen molar-refractivity contribution in [2.75, 3.05) is 0 Å². The van der Waals surface area contributed by atoms with Crippen LogP contribution >= 0.6 is 17.0 Å². The van der Waals surface area contributed by atoms with Gasteiger partial charge < -0.3 is 0 Å². The second kappa shape index (κ2) is 21.8. The number of aryl methyl sites for hydroxylation is 2. The molecule has 0 aromatic heterocycles. The van der Waals surface area contributed by atoms with E-state index < -0.39 is 20.8 Å². The molecule has 0 aliphatic carbocycles. The molecule has 0 N–H and O–H groups in total. The summed E-state index contributed by atoms with van der Waals surface area (Å²) >= 11 is -0.826. The predicted molar refractivity (Wildman–Crippen MR) is 319 cm³/mol. The number of rotatable bonds is 2. The van der Waals surface area contributed by atoms with E-state index in [9.17, 15) is 0 Å². The van der Waals surface area contributed by atoms with Crippen molar-refractivity contribution in [3.63, 3.8) is 0 Å². The summed E-state index contributed by atoms with van der Waals surface area (Å²) in [5.74, 6) is 0. The Labute approximate surface area is 458 Å². The Hall–Kier alpha value is -3.78. The number of hydrogen-bond acceptors (Lipinski definition) is 0. The van der Waals surface area contributed by atoms with Crippen LogP contribution in [0.3, 0.4) is 0 Å². The van der Waals surface area contributed by atoms with Gasteiger partial charge in [0.05, 0.1) is 9.52 Å². The van der Waals surface area contributed by atoms with Crippen LogP contribution in [0.5, 0.6) is 0 Å². The van der Waals surface area contributed by atoms with E-state index in [1.54, 1.807) is 0 Å². The van der Waals surface area contributed by atoms with Gasteiger partial charge in [-0.05, 0) is 79.7 Å². The molecule has 1 aliphatic rings. The molecule has 8 aromatic carbocycles. The van der Waals surface area contributed by atoms with E-state index in [4.69, 9.17) is 17.0 Å². The SMILES string of the molecule is Cc1ccc2[cH-]c(C(C)(C)C)cc2c1-c1cc(C(C)(C)C)cc(C(C)(C)C)c1.Cc1ccc2[cH-]c(C(C)(C)C)cc2c1-c1cc(C(C)(C)C)cc(C(C)(C)C)c1.[Cl][Zr][Cl].[c-]1cccc2c1[Si]c1ccccc1-2. The molecule has 4 heteroatoms. The van der Waals surface area contributed by atoms with E-state index in [1.165, 1.54) is 110 Å². The van der Waals surface area contributed by atoms with Gasteiger partial charge in [-0.25, -0.2) is 0 Å². The fourth-order valence-electron chi connectivity index (χ4n) is 9.42. The average Bonchev–Trinajstić information content (AvgIpc) is 4.02. The van der Waals surface area contributed by atoms with Crippen molar-refractivity contribution in [2.24, 2.45) is 0 Å². The Morgan fingerprint density at radius 1 is 0.431 bits per heavy atom. The molecule has 2 radical (unpaired) electrons. The Balaban J connectivity index is 0.000000181. The van der Waals surface area contributed by atoms with Gasteiger partial charge in [-0.2, -0.15) is 41.6 Å². The topological polar surface area (TPSA) is 0 Å². The molecule has 0 bridgehead atoms. The molecule has 1 heterocycles. The zero-order valence-corrected chi connectivity index (χ0v) is 52.4. The molecule has 8 aromatic rings. The largest absolute Gasteiger partial charge is 0.184 e. The molecule has 1 aliphatic heterocycles. The Bertz CT molecular complexity index is 2890. The van der Waals surface area contributed by atoms with Gasteiger partial charge in [0.25, 0.3) is 0 Å². The van der Waals surface area contributed by atoms with Crippen LogP contribution in [0.25, 0.3) is 54.9 Å². The van der Waals surface area contributed by atoms with E-state index in [-0.39, 0.29) is 32.5 Å². The Morgan fingerprint density at radius 2 is 0.792 bits per heavy atom. The van der Waals surface area contributed by atoms with Gasteiger partial charge in [0.1, 0.15) is 0 Å². The van der Waals surface area contributed by atoms with Crippen molar-refractivity contribution in [1.82, 2.24) is 0 Å². The fraction of sp³-hybridized carbons (Fsp3) is 0.382. The van der Waals surface area contributed by atoms with Crippen LogP contribution in [0, 0.1) is 19.9 Å². The minimum absolute atomic E-state index is 0.125. The van der Waals surface area contributed by atoms with Crippen molar-refractivity contribution >= 4 is 58.5 Å². The molecule has 0 unspecified atom stereocenters. The van der Waals surface area contributed by atoms with Crippen LogP contribution in [0.4, 0.5) is 0 Å². The van der Waals surface area contributed by atoms with Gasteiger partial charge >= 0.3 is 37.9 Å². The van der Waals surface area contributed by atoms with Gasteiger partial charge in [0.2, 0.25) is 0 Å². The number of fused-ring (bicyclic) bond motifs is 5. The quantitative estimate of drug-likeness (QED) is 0.120. The van der Waals surface area contributed by atoms with Gasteiger partial charge in [-0.3, -0.25) is 0 Å². The summed E-state index contributed by atoms with van der Waals surface area (Å²) in [6, 6.07) is 51.4. The van der Waals surface area contributed by atoms with E-state index in [0.29, 0.717) is 0 Å². The van der Waals surface area contributed by atoms with Crippen LogP contribution in [0.2, 0.25) is 0 Å². The number of benzene rings is 6. The summed E-state index contributed by atoms with van der Waals surface area (Å²) in [6.07, 6.45) is 0. The zero-order valence-electron chi connectivity index (χ0n) is 47.4. The molecule has 9 rings (SSSR count). The third-order valence-electron chi connectivity index (χ3n) is 14.2. The molecule has 0 saturated carbocycles. The maximum Gasteiger partial charge on any atom is 0.0920 e. The van der Waals surface area contributed by atoms with Gasteiger partial charge in [-0.1, -0.05) is 218 Å². The third-order valence-corrected chi connectivity index (χ3v) is 15.5. The van der Waals surface area contributed by atoms with Crippen LogP contribution in [0.1, 0.15) is 169 Å². The second-order valence-electron chi connectivity index (χ2n) is 26.3. The van der Waals surface area contributed by atoms with Crippen molar-refractivity contribution in [3.05, 3.63) is 178 Å². The monoisotopic (exact) mass is 1090 g/mol. The summed E-state index contributed by atoms with van der Waals surface area (Å²) in [6.45, 7) is 46.0. The first kappa shape index (κ1) is 57.5. The van der Waals surface area contributed by atoms with Crippen molar-refractivity contribution in [2.45, 2.75) is 171 Å². The van der Waals surface area contributed by atoms with Gasteiger partial charge in [0, 0.05) is 0 Å². The zero-order chi connectivity index (χ0) is 53.5. The third kappa shape index (κ3) is 13.5. The average molecular weight is 1090 g/mol. The Morgan fingerprint density at radius 3 is 1.15 bits per heavy atom. The predicted octanol–water partition coefficient (Wildman–Crippen LogP) is 19.4. The summed E-state index contributed by atoms with van der Waals surface area (Å²) in [7, 11) is 10.7. The first-order valence-corrected chi connectivity index (χ1v) is 33.1. The van der Waals surface area contributed by atoms with E-state index in [2.05, 4.69) is 266 Å². The van der Waals surface area contributed by atoms with Crippen LogP contribution in [-0.4, -0.2) is 9.52 Å². The van der Waals surface area contributed by atoms with Crippen molar-refractivity contribution in [1.29, 1.82) is 0 Å². The first-order chi connectivity index (χ1) is 33.2. The van der Waals surface area contributed by atoms with E-state index in [0.717, 1.165) is 9.52 Å². The molecule has 0 saturated heterocycles. The summed E-state index contributed by atoms with van der Waals surface area (Å²) in [4.78, 5) is 0. The van der Waals surface area contributed by atoms with E-state index >= 15 is 0 Å². The van der Waals surface area contributed by atoms with Crippen LogP contribution in [-0.2, 0) is 53.3 Å². The standard InChI is InChI=1S/2C28H37.C12H7Si.2ClH.Zr/c2*1-18-11-12-19-13-23(28(8,9)10)17-24(19)25(18)20-14-21(26(2,3)4)16-22(15-20)27(5,6)7;1-3-7-11-9(5-1)10-6-2-4-8-12(10)13-11;;;/h2*11-17H,1-10H3;1-7H;2*1H;/q3*-1;;;+2/p-2. The van der Waals surface area contributed by atoms with Gasteiger partial charge in [-0.15, -0.1) is 74.6 Å². The van der Waals surface area contributed by atoms with Crippen LogP contribution < -0.4 is 10.4 Å². The summed E-state index contributed by atoms with van der Waals surface area (Å²) in [5, 5.41) is 8.29.